The number of nitrogens with one attached hydrogen (secondary N) is 1. The van der Waals surface area contributed by atoms with Crippen molar-refractivity contribution in [3.8, 4) is 11.1 Å². The monoisotopic (exact) mass is 332 g/mol. The summed E-state index contributed by atoms with van der Waals surface area (Å²) >= 11 is 0. The van der Waals surface area contributed by atoms with E-state index < -0.39 is 10.8 Å². The molecule has 0 heterocycles. The van der Waals surface area contributed by atoms with E-state index >= 15 is 0 Å². The topological polar surface area (TPSA) is 89.3 Å². The average molecular weight is 332 g/mol. The summed E-state index contributed by atoms with van der Waals surface area (Å²) in [5.41, 5.74) is 2.20. The van der Waals surface area contributed by atoms with Gasteiger partial charge in [-0.05, 0) is 11.1 Å². The van der Waals surface area contributed by atoms with E-state index in [1.54, 1.807) is 42.5 Å². The highest BCUT2D eigenvalue weighted by Crippen LogP contribution is 2.45. The average Bonchev–Trinajstić information content (AvgIpc) is 2.59. The number of carbonyl (C=O) groups is 2. The number of anilines is 1. The second kappa shape index (κ2) is 5.24. The van der Waals surface area contributed by atoms with Crippen LogP contribution in [0.3, 0.4) is 0 Å². The van der Waals surface area contributed by atoms with Crippen molar-refractivity contribution in [1.29, 1.82) is 0 Å². The van der Waals surface area contributed by atoms with Crippen LogP contribution in [0.1, 0.15) is 22.8 Å². The second-order valence-corrected chi connectivity index (χ2v) is 5.86. The van der Waals surface area contributed by atoms with Gasteiger partial charge in [0.25, 0.3) is 5.69 Å². The van der Waals surface area contributed by atoms with Crippen molar-refractivity contribution in [2.45, 2.75) is 6.92 Å². The summed E-state index contributed by atoms with van der Waals surface area (Å²) in [6.45, 7) is 1.29. The van der Waals surface area contributed by atoms with Crippen LogP contribution >= 0.6 is 0 Å². The first-order valence-electron chi connectivity index (χ1n) is 7.65. The molecule has 0 spiro atoms. The Bertz CT molecular complexity index is 1100. The van der Waals surface area contributed by atoms with Gasteiger partial charge in [0.05, 0.1) is 4.92 Å². The number of amides is 1. The zero-order valence-corrected chi connectivity index (χ0v) is 13.2. The van der Waals surface area contributed by atoms with E-state index in [4.69, 9.17) is 0 Å². The Morgan fingerprint density at radius 1 is 1.00 bits per heavy atom. The maximum Gasteiger partial charge on any atom is 0.294 e. The van der Waals surface area contributed by atoms with Crippen LogP contribution in [0.25, 0.3) is 21.9 Å². The largest absolute Gasteiger partial charge is 0.320 e. The smallest absolute Gasteiger partial charge is 0.294 e. The number of benzene rings is 3. The fourth-order valence-electron chi connectivity index (χ4n) is 3.38. The van der Waals surface area contributed by atoms with Gasteiger partial charge < -0.3 is 5.32 Å². The van der Waals surface area contributed by atoms with Gasteiger partial charge in [0, 0.05) is 34.9 Å². The minimum absolute atomic E-state index is 0.116. The van der Waals surface area contributed by atoms with Crippen LogP contribution in [-0.2, 0) is 4.79 Å². The maximum atomic E-state index is 12.8. The van der Waals surface area contributed by atoms with Gasteiger partial charge in [-0.2, -0.15) is 0 Å². The van der Waals surface area contributed by atoms with E-state index in [2.05, 4.69) is 5.32 Å². The Morgan fingerprint density at radius 3 is 2.36 bits per heavy atom. The number of ketones is 1. The van der Waals surface area contributed by atoms with Gasteiger partial charge in [0.2, 0.25) is 5.91 Å². The summed E-state index contributed by atoms with van der Waals surface area (Å²) < 4.78 is 0. The number of nitro groups is 1. The predicted molar refractivity (Wildman–Crippen MR) is 93.8 cm³/mol. The van der Waals surface area contributed by atoms with Crippen molar-refractivity contribution < 1.29 is 14.5 Å². The molecule has 122 valence electrons. The Balaban J connectivity index is 2.21. The summed E-state index contributed by atoms with van der Waals surface area (Å²) in [6, 6.07) is 13.5. The van der Waals surface area contributed by atoms with Crippen LogP contribution in [0.4, 0.5) is 11.4 Å². The Hall–Kier alpha value is -3.54. The lowest BCUT2D eigenvalue weighted by atomic mass is 9.82. The zero-order chi connectivity index (χ0) is 17.7. The van der Waals surface area contributed by atoms with Crippen molar-refractivity contribution in [2.75, 3.05) is 5.32 Å². The molecule has 0 fully saturated rings. The van der Waals surface area contributed by atoms with Crippen LogP contribution in [0.5, 0.6) is 0 Å². The molecule has 0 bridgehead atoms. The minimum atomic E-state index is -0.521. The fraction of sp³-hybridized carbons (Fsp3) is 0.0526. The molecule has 0 saturated carbocycles. The first kappa shape index (κ1) is 15.0. The molecule has 1 N–H and O–H groups in total. The zero-order valence-electron chi connectivity index (χ0n) is 13.2. The van der Waals surface area contributed by atoms with E-state index in [0.717, 1.165) is 0 Å². The van der Waals surface area contributed by atoms with Crippen molar-refractivity contribution in [2.24, 2.45) is 0 Å². The van der Waals surface area contributed by atoms with Crippen molar-refractivity contribution in [1.82, 2.24) is 0 Å². The van der Waals surface area contributed by atoms with Gasteiger partial charge in [-0.1, -0.05) is 42.5 Å². The molecule has 6 nitrogen and oxygen atoms in total. The summed E-state index contributed by atoms with van der Waals surface area (Å²) in [7, 11) is 0. The SMILES string of the molecule is CC(=O)Nc1c([N+](=O)[O-])cc2c3c(cccc13)C(=O)c1ccccc1-2. The highest BCUT2D eigenvalue weighted by molar-refractivity contribution is 6.28. The minimum Gasteiger partial charge on any atom is -0.320 e. The van der Waals surface area contributed by atoms with Gasteiger partial charge in [0.15, 0.2) is 5.78 Å². The standard InChI is InChI=1S/C19H12N2O4/c1-10(22)20-18-13-7-4-8-14-17(13)15(9-16(18)21(24)25)11-5-2-3-6-12(11)19(14)23/h2-9H,1H3,(H,20,22). The molecule has 4 rings (SSSR count). The fourth-order valence-corrected chi connectivity index (χ4v) is 3.38. The second-order valence-electron chi connectivity index (χ2n) is 5.86. The Labute approximate surface area is 142 Å². The van der Waals surface area contributed by atoms with Gasteiger partial charge >= 0.3 is 0 Å². The summed E-state index contributed by atoms with van der Waals surface area (Å²) in [5, 5.41) is 15.2. The first-order valence-corrected chi connectivity index (χ1v) is 7.65. The molecule has 0 aliphatic heterocycles. The van der Waals surface area contributed by atoms with Gasteiger partial charge in [-0.15, -0.1) is 0 Å². The summed E-state index contributed by atoms with van der Waals surface area (Å²) in [5.74, 6) is -0.539. The number of carbonyl (C=O) groups excluding carboxylic acids is 2. The molecule has 3 aromatic carbocycles. The highest BCUT2D eigenvalue weighted by atomic mass is 16.6. The first-order chi connectivity index (χ1) is 12.0. The van der Waals surface area contributed by atoms with Gasteiger partial charge in [0.1, 0.15) is 5.69 Å². The predicted octanol–water partition coefficient (Wildman–Crippen LogP) is 3.92. The van der Waals surface area contributed by atoms with E-state index in [1.807, 2.05) is 0 Å². The van der Waals surface area contributed by atoms with Crippen molar-refractivity contribution in [3.05, 3.63) is 69.8 Å². The molecule has 6 heteroatoms. The summed E-state index contributed by atoms with van der Waals surface area (Å²) in [6.07, 6.45) is 0. The van der Waals surface area contributed by atoms with E-state index in [1.165, 1.54) is 13.0 Å². The van der Waals surface area contributed by atoms with Crippen molar-refractivity contribution in [3.63, 3.8) is 0 Å². The molecule has 0 radical (unpaired) electrons. The number of hydrogen-bond donors (Lipinski definition) is 1. The third-order valence-corrected chi connectivity index (χ3v) is 4.34. The molecular weight excluding hydrogens is 320 g/mol. The van der Waals surface area contributed by atoms with Gasteiger partial charge in [-0.25, -0.2) is 0 Å². The number of nitrogens with zero attached hydrogens (tertiary/aromatic N) is 1. The summed E-state index contributed by atoms with van der Waals surface area (Å²) in [4.78, 5) is 35.4. The van der Waals surface area contributed by atoms with Crippen LogP contribution < -0.4 is 5.32 Å². The van der Waals surface area contributed by atoms with Crippen LogP contribution in [0.2, 0.25) is 0 Å². The lowest BCUT2D eigenvalue weighted by Crippen LogP contribution is -2.13. The molecule has 1 aliphatic rings. The van der Waals surface area contributed by atoms with Crippen LogP contribution in [-0.4, -0.2) is 16.6 Å². The third-order valence-electron chi connectivity index (χ3n) is 4.34. The number of nitro benzene ring substituents is 1. The lowest BCUT2D eigenvalue weighted by molar-refractivity contribution is -0.383. The van der Waals surface area contributed by atoms with E-state index in [-0.39, 0.29) is 17.2 Å². The third kappa shape index (κ3) is 2.11. The molecule has 0 unspecified atom stereocenters. The van der Waals surface area contributed by atoms with Gasteiger partial charge in [-0.3, -0.25) is 19.7 Å². The highest BCUT2D eigenvalue weighted by Gasteiger charge is 2.30. The lowest BCUT2D eigenvalue weighted by Gasteiger charge is -2.21. The number of fused-ring (bicyclic) bond motifs is 2. The molecule has 0 atom stereocenters. The molecule has 0 aromatic heterocycles. The van der Waals surface area contributed by atoms with E-state index in [9.17, 15) is 19.7 Å². The number of rotatable bonds is 2. The molecule has 1 aliphatic carbocycles. The molecule has 0 saturated heterocycles. The van der Waals surface area contributed by atoms with E-state index in [0.29, 0.717) is 33.0 Å². The van der Waals surface area contributed by atoms with Crippen LogP contribution in [0, 0.1) is 10.1 Å². The Morgan fingerprint density at radius 2 is 1.68 bits per heavy atom. The molecule has 25 heavy (non-hydrogen) atoms. The normalized spacial score (nSPS) is 12.0. The Kier molecular flexibility index (Phi) is 3.15. The number of hydrogen-bond acceptors (Lipinski definition) is 4. The maximum absolute atomic E-state index is 12.8. The molecule has 3 aromatic rings. The molecular formula is C19H12N2O4. The van der Waals surface area contributed by atoms with Crippen molar-refractivity contribution >= 4 is 33.8 Å². The quantitative estimate of drug-likeness (QED) is 0.445. The molecule has 1 amide bonds. The van der Waals surface area contributed by atoms with Crippen LogP contribution in [0.15, 0.2) is 48.5 Å².